The van der Waals surface area contributed by atoms with Crippen LogP contribution < -0.4 is 5.32 Å². The van der Waals surface area contributed by atoms with Gasteiger partial charge in [0.2, 0.25) is 5.91 Å². The van der Waals surface area contributed by atoms with Crippen LogP contribution in [0.3, 0.4) is 0 Å². The van der Waals surface area contributed by atoms with Crippen molar-refractivity contribution in [3.05, 3.63) is 0 Å². The molecule has 1 aliphatic heterocycles. The van der Waals surface area contributed by atoms with E-state index in [1.807, 2.05) is 0 Å². The van der Waals surface area contributed by atoms with Gasteiger partial charge in [0, 0.05) is 26.6 Å². The largest absolute Gasteiger partial charge is 0.393 e. The molecule has 0 spiro atoms. The number of likely N-dealkylation sites (tertiary alicyclic amines) is 1. The van der Waals surface area contributed by atoms with Gasteiger partial charge >= 0.3 is 0 Å². The summed E-state index contributed by atoms with van der Waals surface area (Å²) in [7, 11) is 0. The maximum atomic E-state index is 10.6. The Hall–Kier alpha value is -0.610. The summed E-state index contributed by atoms with van der Waals surface area (Å²) in [5, 5.41) is 12.1. The van der Waals surface area contributed by atoms with Gasteiger partial charge in [0.1, 0.15) is 0 Å². The van der Waals surface area contributed by atoms with E-state index in [1.165, 1.54) is 6.92 Å². The standard InChI is InChI=1S/C10H20N2O2/c1-9(13)11-5-2-6-12-7-3-10(14)4-8-12/h10,14H,2-8H2,1H3,(H,11,13). The number of nitrogens with one attached hydrogen (secondary N) is 1. The van der Waals surface area contributed by atoms with Crippen LogP contribution in [0.5, 0.6) is 0 Å². The molecule has 0 radical (unpaired) electrons. The molecule has 0 aromatic rings. The van der Waals surface area contributed by atoms with Crippen LogP contribution in [0.15, 0.2) is 0 Å². The van der Waals surface area contributed by atoms with E-state index in [9.17, 15) is 9.90 Å². The summed E-state index contributed by atoms with van der Waals surface area (Å²) in [4.78, 5) is 12.9. The summed E-state index contributed by atoms with van der Waals surface area (Å²) in [5.74, 6) is 0.0408. The molecule has 0 aromatic carbocycles. The van der Waals surface area contributed by atoms with Crippen molar-refractivity contribution in [1.29, 1.82) is 0 Å². The molecule has 82 valence electrons. The Labute approximate surface area is 85.3 Å². The zero-order valence-corrected chi connectivity index (χ0v) is 8.83. The quantitative estimate of drug-likeness (QED) is 0.627. The lowest BCUT2D eigenvalue weighted by molar-refractivity contribution is -0.118. The highest BCUT2D eigenvalue weighted by Gasteiger charge is 2.15. The minimum Gasteiger partial charge on any atom is -0.393 e. The number of carbonyl (C=O) groups excluding carboxylic acids is 1. The fourth-order valence-corrected chi connectivity index (χ4v) is 1.71. The molecule has 0 unspecified atom stereocenters. The van der Waals surface area contributed by atoms with Gasteiger partial charge in [-0.05, 0) is 25.8 Å². The molecule has 0 atom stereocenters. The fraction of sp³-hybridized carbons (Fsp3) is 0.900. The number of rotatable bonds is 4. The molecule has 1 heterocycles. The zero-order valence-electron chi connectivity index (χ0n) is 8.83. The van der Waals surface area contributed by atoms with Crippen molar-refractivity contribution in [2.45, 2.75) is 32.3 Å². The number of hydrogen-bond donors (Lipinski definition) is 2. The number of piperidine rings is 1. The van der Waals surface area contributed by atoms with Gasteiger partial charge in [0.05, 0.1) is 6.10 Å². The molecular formula is C10H20N2O2. The van der Waals surface area contributed by atoms with Crippen LogP contribution in [-0.4, -0.2) is 48.2 Å². The van der Waals surface area contributed by atoms with Gasteiger partial charge in [0.15, 0.2) is 0 Å². The third-order valence-corrected chi connectivity index (χ3v) is 2.58. The first-order chi connectivity index (χ1) is 6.68. The number of aliphatic hydroxyl groups is 1. The molecule has 14 heavy (non-hydrogen) atoms. The van der Waals surface area contributed by atoms with E-state index >= 15 is 0 Å². The van der Waals surface area contributed by atoms with Crippen LogP contribution in [0.25, 0.3) is 0 Å². The van der Waals surface area contributed by atoms with Gasteiger partial charge in [-0.3, -0.25) is 4.79 Å². The van der Waals surface area contributed by atoms with Crippen LogP contribution >= 0.6 is 0 Å². The first-order valence-corrected chi connectivity index (χ1v) is 5.33. The number of hydrogen-bond acceptors (Lipinski definition) is 3. The summed E-state index contributed by atoms with van der Waals surface area (Å²) in [6.45, 7) is 5.29. The highest BCUT2D eigenvalue weighted by molar-refractivity contribution is 5.72. The summed E-state index contributed by atoms with van der Waals surface area (Å²) in [6.07, 6.45) is 2.68. The minimum atomic E-state index is -0.0957. The highest BCUT2D eigenvalue weighted by Crippen LogP contribution is 2.09. The molecular weight excluding hydrogens is 180 g/mol. The predicted octanol–water partition coefficient (Wildman–Crippen LogP) is -0.0307. The summed E-state index contributed by atoms with van der Waals surface area (Å²) in [5.41, 5.74) is 0. The van der Waals surface area contributed by atoms with Crippen molar-refractivity contribution in [2.75, 3.05) is 26.2 Å². The smallest absolute Gasteiger partial charge is 0.216 e. The monoisotopic (exact) mass is 200 g/mol. The number of nitrogens with zero attached hydrogens (tertiary/aromatic N) is 1. The lowest BCUT2D eigenvalue weighted by Crippen LogP contribution is -2.37. The molecule has 0 aromatic heterocycles. The lowest BCUT2D eigenvalue weighted by atomic mass is 10.1. The number of carbonyl (C=O) groups is 1. The maximum Gasteiger partial charge on any atom is 0.216 e. The Morgan fingerprint density at radius 2 is 2.14 bits per heavy atom. The number of amides is 1. The minimum absolute atomic E-state index is 0.0408. The SMILES string of the molecule is CC(=O)NCCCN1CCC(O)CC1. The van der Waals surface area contributed by atoms with Crippen LogP contribution in [0.4, 0.5) is 0 Å². The van der Waals surface area contributed by atoms with Crippen molar-refractivity contribution >= 4 is 5.91 Å². The van der Waals surface area contributed by atoms with Crippen LogP contribution in [0.1, 0.15) is 26.2 Å². The Bertz CT molecular complexity index is 177. The van der Waals surface area contributed by atoms with Crippen molar-refractivity contribution < 1.29 is 9.90 Å². The van der Waals surface area contributed by atoms with Gasteiger partial charge in [-0.2, -0.15) is 0 Å². The Balaban J connectivity index is 1.99. The van der Waals surface area contributed by atoms with Crippen molar-refractivity contribution in [2.24, 2.45) is 0 Å². The van der Waals surface area contributed by atoms with E-state index in [0.29, 0.717) is 0 Å². The normalized spacial score (nSPS) is 19.6. The third kappa shape index (κ3) is 4.58. The first kappa shape index (κ1) is 11.5. The molecule has 1 amide bonds. The molecule has 1 rings (SSSR count). The molecule has 1 saturated heterocycles. The second kappa shape index (κ2) is 5.98. The van der Waals surface area contributed by atoms with Crippen molar-refractivity contribution in [3.8, 4) is 0 Å². The molecule has 0 saturated carbocycles. The average Bonchev–Trinajstić information content (AvgIpc) is 2.15. The predicted molar refractivity (Wildman–Crippen MR) is 55.0 cm³/mol. The Morgan fingerprint density at radius 3 is 2.71 bits per heavy atom. The topological polar surface area (TPSA) is 52.6 Å². The van der Waals surface area contributed by atoms with Crippen LogP contribution in [0.2, 0.25) is 0 Å². The van der Waals surface area contributed by atoms with E-state index in [1.54, 1.807) is 0 Å². The van der Waals surface area contributed by atoms with Gasteiger partial charge in [0.25, 0.3) is 0 Å². The van der Waals surface area contributed by atoms with Gasteiger partial charge in [-0.1, -0.05) is 0 Å². The van der Waals surface area contributed by atoms with Crippen molar-refractivity contribution in [3.63, 3.8) is 0 Å². The van der Waals surface area contributed by atoms with E-state index in [0.717, 1.165) is 45.4 Å². The molecule has 0 bridgehead atoms. The maximum absolute atomic E-state index is 10.6. The van der Waals surface area contributed by atoms with Gasteiger partial charge < -0.3 is 15.3 Å². The zero-order chi connectivity index (χ0) is 10.4. The number of aliphatic hydroxyl groups excluding tert-OH is 1. The summed E-state index contributed by atoms with van der Waals surface area (Å²) < 4.78 is 0. The van der Waals surface area contributed by atoms with Crippen LogP contribution in [0, 0.1) is 0 Å². The summed E-state index contributed by atoms with van der Waals surface area (Å²) >= 11 is 0. The highest BCUT2D eigenvalue weighted by atomic mass is 16.3. The van der Waals surface area contributed by atoms with Crippen LogP contribution in [-0.2, 0) is 4.79 Å². The average molecular weight is 200 g/mol. The molecule has 1 aliphatic rings. The van der Waals surface area contributed by atoms with E-state index in [-0.39, 0.29) is 12.0 Å². The van der Waals surface area contributed by atoms with E-state index < -0.39 is 0 Å². The summed E-state index contributed by atoms with van der Waals surface area (Å²) in [6, 6.07) is 0. The van der Waals surface area contributed by atoms with Gasteiger partial charge in [-0.15, -0.1) is 0 Å². The second-order valence-electron chi connectivity index (χ2n) is 3.91. The fourth-order valence-electron chi connectivity index (χ4n) is 1.71. The molecule has 4 nitrogen and oxygen atoms in total. The first-order valence-electron chi connectivity index (χ1n) is 5.33. The third-order valence-electron chi connectivity index (χ3n) is 2.58. The Morgan fingerprint density at radius 1 is 1.50 bits per heavy atom. The second-order valence-corrected chi connectivity index (χ2v) is 3.91. The molecule has 4 heteroatoms. The Kier molecular flexibility index (Phi) is 4.90. The van der Waals surface area contributed by atoms with Crippen molar-refractivity contribution in [1.82, 2.24) is 10.2 Å². The molecule has 2 N–H and O–H groups in total. The van der Waals surface area contributed by atoms with E-state index in [2.05, 4.69) is 10.2 Å². The lowest BCUT2D eigenvalue weighted by Gasteiger charge is -2.29. The molecule has 0 aliphatic carbocycles. The molecule has 1 fully saturated rings. The van der Waals surface area contributed by atoms with Gasteiger partial charge in [-0.25, -0.2) is 0 Å². The van der Waals surface area contributed by atoms with E-state index in [4.69, 9.17) is 0 Å².